The van der Waals surface area contributed by atoms with Crippen LogP contribution in [0.5, 0.6) is 0 Å². The molecule has 1 aromatic heterocycles. The van der Waals surface area contributed by atoms with Crippen LogP contribution in [0.25, 0.3) is 5.69 Å². The summed E-state index contributed by atoms with van der Waals surface area (Å²) in [6.07, 6.45) is 5.95. The number of amides is 1. The van der Waals surface area contributed by atoms with Crippen molar-refractivity contribution in [2.45, 2.75) is 25.3 Å². The number of hydrogen-bond acceptors (Lipinski definition) is 5. The van der Waals surface area contributed by atoms with Gasteiger partial charge in [-0.15, -0.1) is 0 Å². The van der Waals surface area contributed by atoms with Gasteiger partial charge in [0, 0.05) is 0 Å². The first-order valence-corrected chi connectivity index (χ1v) is 9.20. The Morgan fingerprint density at radius 1 is 1.14 bits per heavy atom. The SMILES string of the molecule is O=C(COC(=O)c1ccc(-n2cncn2)cc1)N[C@H]1CCCc2ccccc21. The average molecular weight is 376 g/mol. The van der Waals surface area contributed by atoms with Crippen molar-refractivity contribution in [1.29, 1.82) is 0 Å². The summed E-state index contributed by atoms with van der Waals surface area (Å²) < 4.78 is 6.75. The Hall–Kier alpha value is -3.48. The van der Waals surface area contributed by atoms with Crippen LogP contribution in [-0.4, -0.2) is 33.2 Å². The van der Waals surface area contributed by atoms with Crippen molar-refractivity contribution in [3.8, 4) is 5.69 Å². The molecule has 28 heavy (non-hydrogen) atoms. The van der Waals surface area contributed by atoms with E-state index in [1.165, 1.54) is 11.9 Å². The summed E-state index contributed by atoms with van der Waals surface area (Å²) in [7, 11) is 0. The number of carbonyl (C=O) groups excluding carboxylic acids is 2. The third-order valence-corrected chi connectivity index (χ3v) is 4.83. The number of nitrogens with zero attached hydrogens (tertiary/aromatic N) is 3. The van der Waals surface area contributed by atoms with Gasteiger partial charge in [-0.1, -0.05) is 24.3 Å². The minimum atomic E-state index is -0.538. The summed E-state index contributed by atoms with van der Waals surface area (Å²) in [5, 5.41) is 7.00. The van der Waals surface area contributed by atoms with E-state index in [1.54, 1.807) is 35.3 Å². The van der Waals surface area contributed by atoms with Crippen LogP contribution in [0.2, 0.25) is 0 Å². The van der Waals surface area contributed by atoms with Crippen LogP contribution in [-0.2, 0) is 16.0 Å². The smallest absolute Gasteiger partial charge is 0.338 e. The molecule has 1 aliphatic carbocycles. The summed E-state index contributed by atoms with van der Waals surface area (Å²) in [6.45, 7) is -0.303. The number of ether oxygens (including phenoxy) is 1. The lowest BCUT2D eigenvalue weighted by Gasteiger charge is -2.26. The summed E-state index contributed by atoms with van der Waals surface area (Å²) in [4.78, 5) is 28.3. The highest BCUT2D eigenvalue weighted by Crippen LogP contribution is 2.29. The molecule has 7 nitrogen and oxygen atoms in total. The van der Waals surface area contributed by atoms with E-state index in [9.17, 15) is 9.59 Å². The van der Waals surface area contributed by atoms with Crippen LogP contribution in [0.1, 0.15) is 40.4 Å². The standard InChI is InChI=1S/C21H20N4O3/c26-20(24-19-7-3-5-15-4-1-2-6-18(15)19)12-28-21(27)16-8-10-17(11-9-16)25-14-22-13-23-25/h1-2,4,6,8-11,13-14,19H,3,5,7,12H2,(H,24,26)/t19-/m0/s1. The fourth-order valence-electron chi connectivity index (χ4n) is 3.45. The minimum Gasteiger partial charge on any atom is -0.452 e. The largest absolute Gasteiger partial charge is 0.452 e. The highest BCUT2D eigenvalue weighted by atomic mass is 16.5. The van der Waals surface area contributed by atoms with E-state index in [-0.39, 0.29) is 18.6 Å². The molecule has 3 aromatic rings. The maximum absolute atomic E-state index is 12.3. The molecule has 1 N–H and O–H groups in total. The molecule has 0 radical (unpaired) electrons. The fourth-order valence-corrected chi connectivity index (χ4v) is 3.45. The van der Waals surface area contributed by atoms with Crippen LogP contribution in [0.3, 0.4) is 0 Å². The van der Waals surface area contributed by atoms with Gasteiger partial charge in [-0.25, -0.2) is 14.5 Å². The molecule has 1 heterocycles. The topological polar surface area (TPSA) is 86.1 Å². The van der Waals surface area contributed by atoms with Crippen molar-refractivity contribution >= 4 is 11.9 Å². The first-order valence-electron chi connectivity index (χ1n) is 9.20. The molecule has 4 rings (SSSR count). The lowest BCUT2D eigenvalue weighted by atomic mass is 9.88. The first kappa shape index (κ1) is 17.9. The maximum atomic E-state index is 12.3. The van der Waals surface area contributed by atoms with Crippen molar-refractivity contribution in [2.75, 3.05) is 6.61 Å². The van der Waals surface area contributed by atoms with Gasteiger partial charge in [0.25, 0.3) is 5.91 Å². The number of aromatic nitrogens is 3. The van der Waals surface area contributed by atoms with Gasteiger partial charge >= 0.3 is 5.97 Å². The third-order valence-electron chi connectivity index (χ3n) is 4.83. The van der Waals surface area contributed by atoms with Crippen molar-refractivity contribution in [3.63, 3.8) is 0 Å². The number of benzene rings is 2. The summed E-state index contributed by atoms with van der Waals surface area (Å²) in [6, 6.07) is 14.8. The normalized spacial score (nSPS) is 15.5. The van der Waals surface area contributed by atoms with E-state index in [4.69, 9.17) is 4.74 Å². The molecular formula is C21H20N4O3. The lowest BCUT2D eigenvalue weighted by Crippen LogP contribution is -2.34. The first-order chi connectivity index (χ1) is 13.7. The summed E-state index contributed by atoms with van der Waals surface area (Å²) in [5.74, 6) is -0.835. The highest BCUT2D eigenvalue weighted by molar-refractivity contribution is 5.91. The van der Waals surface area contributed by atoms with Crippen molar-refractivity contribution in [2.24, 2.45) is 0 Å². The molecule has 7 heteroatoms. The number of fused-ring (bicyclic) bond motifs is 1. The quantitative estimate of drug-likeness (QED) is 0.692. The Bertz CT molecular complexity index is 968. The Balaban J connectivity index is 1.32. The molecule has 0 spiro atoms. The van der Waals surface area contributed by atoms with Crippen LogP contribution in [0.4, 0.5) is 0 Å². The second-order valence-corrected chi connectivity index (χ2v) is 6.67. The van der Waals surface area contributed by atoms with Gasteiger partial charge < -0.3 is 10.1 Å². The number of carbonyl (C=O) groups is 2. The van der Waals surface area contributed by atoms with Gasteiger partial charge in [0.05, 0.1) is 17.3 Å². The molecule has 0 aliphatic heterocycles. The molecule has 142 valence electrons. The van der Waals surface area contributed by atoms with E-state index in [0.29, 0.717) is 5.56 Å². The van der Waals surface area contributed by atoms with Crippen LogP contribution >= 0.6 is 0 Å². The third kappa shape index (κ3) is 3.93. The van der Waals surface area contributed by atoms with Crippen molar-refractivity contribution in [3.05, 3.63) is 77.9 Å². The number of aryl methyl sites for hydroxylation is 1. The number of esters is 1. The van der Waals surface area contributed by atoms with Gasteiger partial charge in [0.1, 0.15) is 12.7 Å². The van der Waals surface area contributed by atoms with E-state index >= 15 is 0 Å². The zero-order valence-corrected chi connectivity index (χ0v) is 15.2. The predicted molar refractivity (Wildman–Crippen MR) is 102 cm³/mol. The summed E-state index contributed by atoms with van der Waals surface area (Å²) >= 11 is 0. The Kier molecular flexibility index (Phi) is 5.14. The number of nitrogens with one attached hydrogen (secondary N) is 1. The fraction of sp³-hybridized carbons (Fsp3) is 0.238. The van der Waals surface area contributed by atoms with Crippen molar-refractivity contribution < 1.29 is 14.3 Å². The Morgan fingerprint density at radius 2 is 1.96 bits per heavy atom. The Labute approximate surface area is 162 Å². The van der Waals surface area contributed by atoms with Gasteiger partial charge in [-0.3, -0.25) is 4.79 Å². The molecule has 0 fully saturated rings. The molecule has 1 aliphatic rings. The van der Waals surface area contributed by atoms with Gasteiger partial charge in [-0.05, 0) is 54.7 Å². The monoisotopic (exact) mass is 376 g/mol. The number of rotatable bonds is 5. The second kappa shape index (κ2) is 8.04. The zero-order valence-electron chi connectivity index (χ0n) is 15.2. The van der Waals surface area contributed by atoms with Crippen LogP contribution in [0.15, 0.2) is 61.2 Å². The highest BCUT2D eigenvalue weighted by Gasteiger charge is 2.21. The molecule has 0 unspecified atom stereocenters. The van der Waals surface area contributed by atoms with E-state index in [0.717, 1.165) is 30.5 Å². The van der Waals surface area contributed by atoms with Gasteiger partial charge in [0.15, 0.2) is 6.61 Å². The molecule has 0 saturated carbocycles. The van der Waals surface area contributed by atoms with Crippen LogP contribution < -0.4 is 5.32 Å². The molecular weight excluding hydrogens is 356 g/mol. The minimum absolute atomic E-state index is 0.0295. The molecule has 0 bridgehead atoms. The molecule has 1 atom stereocenters. The van der Waals surface area contributed by atoms with E-state index in [2.05, 4.69) is 21.5 Å². The Morgan fingerprint density at radius 3 is 2.75 bits per heavy atom. The second-order valence-electron chi connectivity index (χ2n) is 6.67. The van der Waals surface area contributed by atoms with E-state index in [1.807, 2.05) is 18.2 Å². The molecule has 2 aromatic carbocycles. The lowest BCUT2D eigenvalue weighted by molar-refractivity contribution is -0.125. The maximum Gasteiger partial charge on any atom is 0.338 e. The van der Waals surface area contributed by atoms with Gasteiger partial charge in [0.2, 0.25) is 0 Å². The number of hydrogen-bond donors (Lipinski definition) is 1. The predicted octanol–water partition coefficient (Wildman–Crippen LogP) is 2.62. The van der Waals surface area contributed by atoms with Gasteiger partial charge in [-0.2, -0.15) is 5.10 Å². The molecule has 0 saturated heterocycles. The van der Waals surface area contributed by atoms with Crippen LogP contribution in [0, 0.1) is 0 Å². The summed E-state index contributed by atoms with van der Waals surface area (Å²) in [5.41, 5.74) is 3.57. The average Bonchev–Trinajstić information content (AvgIpc) is 3.27. The molecule has 1 amide bonds. The van der Waals surface area contributed by atoms with Crippen molar-refractivity contribution in [1.82, 2.24) is 20.1 Å². The zero-order chi connectivity index (χ0) is 19.3. The van der Waals surface area contributed by atoms with E-state index < -0.39 is 5.97 Å².